The molecule has 2 aromatic carbocycles. The summed E-state index contributed by atoms with van der Waals surface area (Å²) in [6, 6.07) is 15.2. The minimum atomic E-state index is -4.41. The molecule has 3 heterocycles. The number of nitrogens with zero attached hydrogens (tertiary/aromatic N) is 4. The molecule has 4 nitrogen and oxygen atoms in total. The molecule has 0 aliphatic carbocycles. The maximum Gasteiger partial charge on any atom is 0.416 e. The largest absolute Gasteiger partial charge is 0.416 e. The molecule has 5 rings (SSSR count). The highest BCUT2D eigenvalue weighted by molar-refractivity contribution is 6.02. The maximum absolute atomic E-state index is 13.4. The number of aromatic nitrogens is 3. The van der Waals surface area contributed by atoms with Gasteiger partial charge in [-0.3, -0.25) is 0 Å². The van der Waals surface area contributed by atoms with Crippen molar-refractivity contribution in [2.24, 2.45) is 5.92 Å². The summed E-state index contributed by atoms with van der Waals surface area (Å²) in [5, 5.41) is 0.866. The van der Waals surface area contributed by atoms with Crippen LogP contribution in [0.4, 0.5) is 19.0 Å². The predicted molar refractivity (Wildman–Crippen MR) is 120 cm³/mol. The van der Waals surface area contributed by atoms with Crippen molar-refractivity contribution in [3.05, 3.63) is 72.7 Å². The summed E-state index contributed by atoms with van der Waals surface area (Å²) < 4.78 is 41.9. The molecule has 2 aromatic heterocycles. The molecule has 0 spiro atoms. The molecular formula is C25H23F3N4. The number of halogens is 3. The molecule has 1 aliphatic heterocycles. The van der Waals surface area contributed by atoms with Gasteiger partial charge in [-0.05, 0) is 42.5 Å². The minimum absolute atomic E-state index is 0.420. The Labute approximate surface area is 184 Å². The smallest absolute Gasteiger partial charge is 0.356 e. The van der Waals surface area contributed by atoms with Gasteiger partial charge in [-0.1, -0.05) is 43.3 Å². The molecule has 32 heavy (non-hydrogen) atoms. The van der Waals surface area contributed by atoms with Gasteiger partial charge in [0.25, 0.3) is 0 Å². The molecule has 1 aliphatic rings. The molecule has 0 bridgehead atoms. The van der Waals surface area contributed by atoms with E-state index in [1.165, 1.54) is 24.9 Å². The summed E-state index contributed by atoms with van der Waals surface area (Å²) >= 11 is 0. The van der Waals surface area contributed by atoms with Crippen LogP contribution >= 0.6 is 0 Å². The number of rotatable bonds is 3. The SMILES string of the molecule is CC1CCCN(c2ncnc3c2c(-c2ccccc2)cn3-c2cccc(C(F)(F)F)c2)C1. The van der Waals surface area contributed by atoms with Gasteiger partial charge in [0.2, 0.25) is 0 Å². The van der Waals surface area contributed by atoms with Gasteiger partial charge in [-0.15, -0.1) is 0 Å². The number of piperidine rings is 1. The van der Waals surface area contributed by atoms with Gasteiger partial charge < -0.3 is 9.47 Å². The van der Waals surface area contributed by atoms with Gasteiger partial charge >= 0.3 is 6.18 Å². The number of alkyl halides is 3. The number of anilines is 1. The minimum Gasteiger partial charge on any atom is -0.356 e. The third-order valence-electron chi connectivity index (χ3n) is 6.06. The van der Waals surface area contributed by atoms with Crippen molar-refractivity contribution in [2.45, 2.75) is 25.9 Å². The van der Waals surface area contributed by atoms with Crippen LogP contribution in [0.15, 0.2) is 67.1 Å². The third kappa shape index (κ3) is 3.72. The van der Waals surface area contributed by atoms with Gasteiger partial charge in [-0.2, -0.15) is 13.2 Å². The summed E-state index contributed by atoms with van der Waals surface area (Å²) in [5.41, 5.74) is 2.23. The van der Waals surface area contributed by atoms with Crippen molar-refractivity contribution in [1.29, 1.82) is 0 Å². The normalized spacial score (nSPS) is 17.1. The highest BCUT2D eigenvalue weighted by atomic mass is 19.4. The zero-order chi connectivity index (χ0) is 22.3. The van der Waals surface area contributed by atoms with Crippen LogP contribution in [-0.4, -0.2) is 27.6 Å². The molecule has 1 atom stereocenters. The van der Waals surface area contributed by atoms with Crippen LogP contribution in [-0.2, 0) is 6.18 Å². The van der Waals surface area contributed by atoms with Gasteiger partial charge in [-0.25, -0.2) is 9.97 Å². The second-order valence-electron chi connectivity index (χ2n) is 8.42. The first-order chi connectivity index (χ1) is 15.4. The highest BCUT2D eigenvalue weighted by Crippen LogP contribution is 2.38. The van der Waals surface area contributed by atoms with E-state index in [1.54, 1.807) is 10.6 Å². The van der Waals surface area contributed by atoms with Crippen LogP contribution in [0.2, 0.25) is 0 Å². The van der Waals surface area contributed by atoms with Crippen molar-refractivity contribution in [3.63, 3.8) is 0 Å². The van der Waals surface area contributed by atoms with Crippen LogP contribution in [0.1, 0.15) is 25.3 Å². The molecule has 0 saturated carbocycles. The highest BCUT2D eigenvalue weighted by Gasteiger charge is 2.31. The topological polar surface area (TPSA) is 34.0 Å². The Hall–Kier alpha value is -3.35. The van der Waals surface area contributed by atoms with E-state index in [0.717, 1.165) is 47.9 Å². The average molecular weight is 436 g/mol. The first-order valence-electron chi connectivity index (χ1n) is 10.8. The van der Waals surface area contributed by atoms with E-state index in [9.17, 15) is 13.2 Å². The molecule has 1 saturated heterocycles. The van der Waals surface area contributed by atoms with Crippen LogP contribution in [0.3, 0.4) is 0 Å². The fraction of sp³-hybridized carbons (Fsp3) is 0.280. The van der Waals surface area contributed by atoms with Crippen molar-refractivity contribution >= 4 is 16.9 Å². The number of hydrogen-bond donors (Lipinski definition) is 0. The average Bonchev–Trinajstić information content (AvgIpc) is 3.19. The van der Waals surface area contributed by atoms with Crippen molar-refractivity contribution in [3.8, 4) is 16.8 Å². The summed E-state index contributed by atoms with van der Waals surface area (Å²) in [6.45, 7) is 4.03. The summed E-state index contributed by atoms with van der Waals surface area (Å²) in [5.74, 6) is 1.39. The third-order valence-corrected chi connectivity index (χ3v) is 6.06. The molecule has 164 valence electrons. The van der Waals surface area contributed by atoms with Crippen molar-refractivity contribution in [1.82, 2.24) is 14.5 Å². The van der Waals surface area contributed by atoms with E-state index in [-0.39, 0.29) is 0 Å². The Morgan fingerprint density at radius 2 is 1.81 bits per heavy atom. The maximum atomic E-state index is 13.4. The molecule has 0 N–H and O–H groups in total. The lowest BCUT2D eigenvalue weighted by molar-refractivity contribution is -0.137. The molecule has 0 radical (unpaired) electrons. The Bertz CT molecular complexity index is 1250. The van der Waals surface area contributed by atoms with E-state index in [0.29, 0.717) is 17.3 Å². The lowest BCUT2D eigenvalue weighted by Gasteiger charge is -2.32. The van der Waals surface area contributed by atoms with Crippen LogP contribution in [0.5, 0.6) is 0 Å². The monoisotopic (exact) mass is 436 g/mol. The van der Waals surface area contributed by atoms with E-state index in [1.807, 2.05) is 36.5 Å². The number of hydrogen-bond acceptors (Lipinski definition) is 3. The Morgan fingerprint density at radius 3 is 2.56 bits per heavy atom. The first kappa shape index (κ1) is 20.5. The zero-order valence-electron chi connectivity index (χ0n) is 17.7. The van der Waals surface area contributed by atoms with Crippen LogP contribution in [0.25, 0.3) is 27.8 Å². The quantitative estimate of drug-likeness (QED) is 0.376. The van der Waals surface area contributed by atoms with Crippen molar-refractivity contribution < 1.29 is 13.2 Å². The molecule has 1 fully saturated rings. The fourth-order valence-corrected chi connectivity index (χ4v) is 4.53. The van der Waals surface area contributed by atoms with Crippen LogP contribution in [0, 0.1) is 5.92 Å². The van der Waals surface area contributed by atoms with Gasteiger partial charge in [0.05, 0.1) is 10.9 Å². The van der Waals surface area contributed by atoms with Gasteiger partial charge in [0.1, 0.15) is 12.1 Å². The number of fused-ring (bicyclic) bond motifs is 1. The molecule has 4 aromatic rings. The van der Waals surface area contributed by atoms with E-state index >= 15 is 0 Å². The van der Waals surface area contributed by atoms with Gasteiger partial charge in [0, 0.05) is 30.5 Å². The summed E-state index contributed by atoms with van der Waals surface area (Å²) in [6.07, 6.45) is 1.24. The van der Waals surface area contributed by atoms with E-state index < -0.39 is 11.7 Å². The Kier molecular flexibility index (Phi) is 5.12. The predicted octanol–water partition coefficient (Wildman–Crippen LogP) is 6.34. The Morgan fingerprint density at radius 1 is 1.00 bits per heavy atom. The summed E-state index contributed by atoms with van der Waals surface area (Å²) in [4.78, 5) is 11.4. The second-order valence-corrected chi connectivity index (χ2v) is 8.42. The standard InChI is InChI=1S/C25H23F3N4/c1-17-7-6-12-31(14-17)23-22-21(18-8-3-2-4-9-18)15-32(24(22)30-16-29-23)20-11-5-10-19(13-20)25(26,27)28/h2-5,8-11,13,15-17H,6-7,12,14H2,1H3. The first-order valence-corrected chi connectivity index (χ1v) is 10.8. The summed E-state index contributed by atoms with van der Waals surface area (Å²) in [7, 11) is 0. The molecule has 0 amide bonds. The van der Waals surface area contributed by atoms with Gasteiger partial charge in [0.15, 0.2) is 5.65 Å². The van der Waals surface area contributed by atoms with Crippen molar-refractivity contribution in [2.75, 3.05) is 18.0 Å². The molecular weight excluding hydrogens is 413 g/mol. The molecule has 7 heteroatoms. The lowest BCUT2D eigenvalue weighted by atomic mass is 9.99. The van der Waals surface area contributed by atoms with Crippen LogP contribution < -0.4 is 4.90 Å². The fourth-order valence-electron chi connectivity index (χ4n) is 4.53. The zero-order valence-corrected chi connectivity index (χ0v) is 17.7. The number of benzene rings is 2. The van der Waals surface area contributed by atoms with E-state index in [2.05, 4.69) is 21.8 Å². The second kappa shape index (κ2) is 7.97. The Balaban J connectivity index is 1.75. The van der Waals surface area contributed by atoms with E-state index in [4.69, 9.17) is 0 Å². The lowest BCUT2D eigenvalue weighted by Crippen LogP contribution is -2.35. The molecule has 1 unspecified atom stereocenters.